The highest BCUT2D eigenvalue weighted by atomic mass is 16.5. The smallest absolute Gasteiger partial charge is 0.312 e. The van der Waals surface area contributed by atoms with Crippen LogP contribution in [0.25, 0.3) is 0 Å². The van der Waals surface area contributed by atoms with Gasteiger partial charge in [0.25, 0.3) is 0 Å². The number of hydrogen-bond donors (Lipinski definition) is 0. The summed E-state index contributed by atoms with van der Waals surface area (Å²) in [5, 5.41) is 0. The third-order valence-electron chi connectivity index (χ3n) is 5.44. The van der Waals surface area contributed by atoms with Crippen molar-refractivity contribution in [1.29, 1.82) is 0 Å². The van der Waals surface area contributed by atoms with Gasteiger partial charge in [0, 0.05) is 0 Å². The number of esters is 1. The molecular formula is C21H30O3. The van der Waals surface area contributed by atoms with E-state index in [0.717, 1.165) is 44.9 Å². The molecule has 24 heavy (non-hydrogen) atoms. The third-order valence-corrected chi connectivity index (χ3v) is 5.44. The summed E-state index contributed by atoms with van der Waals surface area (Å²) in [5.41, 5.74) is 3.41. The molecule has 1 aromatic heterocycles. The molecule has 0 aromatic carbocycles. The van der Waals surface area contributed by atoms with Gasteiger partial charge in [-0.3, -0.25) is 4.79 Å². The maximum atomic E-state index is 12.3. The summed E-state index contributed by atoms with van der Waals surface area (Å²) in [6.07, 6.45) is 12.8. The number of furan rings is 1. The van der Waals surface area contributed by atoms with Crippen molar-refractivity contribution in [3.8, 4) is 0 Å². The van der Waals surface area contributed by atoms with Gasteiger partial charge < -0.3 is 9.15 Å². The van der Waals surface area contributed by atoms with Crippen LogP contribution in [0, 0.1) is 11.3 Å². The minimum absolute atomic E-state index is 0.0880. The molecular weight excluding hydrogens is 300 g/mol. The van der Waals surface area contributed by atoms with E-state index in [9.17, 15) is 4.79 Å². The predicted octanol–water partition coefficient (Wildman–Crippen LogP) is 5.47. The number of carbonyl (C=O) groups is 1. The lowest BCUT2D eigenvalue weighted by atomic mass is 9.63. The third kappa shape index (κ3) is 4.40. The van der Waals surface area contributed by atoms with E-state index >= 15 is 0 Å². The van der Waals surface area contributed by atoms with Gasteiger partial charge in [-0.1, -0.05) is 23.8 Å². The van der Waals surface area contributed by atoms with E-state index < -0.39 is 5.41 Å². The van der Waals surface area contributed by atoms with Crippen molar-refractivity contribution in [3.05, 3.63) is 48.0 Å². The summed E-state index contributed by atoms with van der Waals surface area (Å²) < 4.78 is 10.2. The van der Waals surface area contributed by atoms with Crippen molar-refractivity contribution in [2.24, 2.45) is 11.3 Å². The molecule has 2 unspecified atom stereocenters. The monoisotopic (exact) mass is 330 g/mol. The van der Waals surface area contributed by atoms with Gasteiger partial charge in [-0.25, -0.2) is 0 Å². The molecule has 0 saturated heterocycles. The Balaban J connectivity index is 1.91. The molecule has 0 N–H and O–H groups in total. The highest BCUT2D eigenvalue weighted by Crippen LogP contribution is 2.46. The Bertz CT molecular complexity index is 582. The second kappa shape index (κ2) is 8.36. The topological polar surface area (TPSA) is 39.4 Å². The highest BCUT2D eigenvalue weighted by Gasteiger charge is 2.45. The lowest BCUT2D eigenvalue weighted by molar-refractivity contribution is -0.156. The van der Waals surface area contributed by atoms with E-state index in [2.05, 4.69) is 19.6 Å². The number of rotatable bonds is 7. The first-order valence-corrected chi connectivity index (χ1v) is 8.90. The second-order valence-corrected chi connectivity index (χ2v) is 7.23. The molecule has 2 atom stereocenters. The van der Waals surface area contributed by atoms with Gasteiger partial charge in [-0.2, -0.15) is 0 Å². The molecule has 0 amide bonds. The van der Waals surface area contributed by atoms with Crippen LogP contribution in [-0.4, -0.2) is 13.1 Å². The summed E-state index contributed by atoms with van der Waals surface area (Å²) >= 11 is 0. The molecule has 1 aliphatic carbocycles. The van der Waals surface area contributed by atoms with Crippen LogP contribution < -0.4 is 0 Å². The van der Waals surface area contributed by atoms with Gasteiger partial charge >= 0.3 is 5.97 Å². The summed E-state index contributed by atoms with van der Waals surface area (Å²) in [6, 6.07) is 2.01. The van der Waals surface area contributed by atoms with E-state index in [1.807, 2.05) is 13.0 Å². The lowest BCUT2D eigenvalue weighted by Crippen LogP contribution is -2.40. The summed E-state index contributed by atoms with van der Waals surface area (Å²) in [5.74, 6) is 0.130. The Labute approximate surface area is 145 Å². The zero-order valence-corrected chi connectivity index (χ0v) is 15.3. The minimum Gasteiger partial charge on any atom is -0.472 e. The average Bonchev–Trinajstić information content (AvgIpc) is 3.07. The Morgan fingerprint density at radius 2 is 2.33 bits per heavy atom. The quantitative estimate of drug-likeness (QED) is 0.491. The second-order valence-electron chi connectivity index (χ2n) is 7.23. The standard InChI is InChI=1S/C21H30O3/c1-16(7-5-9-18-12-14-24-15-18)10-11-19-17(2)8-6-13-21(19,3)20(22)23-4/h7,12,14-15,19H,2,5-6,8-11,13H2,1,3-4H3/b16-7+. The van der Waals surface area contributed by atoms with Gasteiger partial charge in [0.05, 0.1) is 25.1 Å². The van der Waals surface area contributed by atoms with E-state index in [1.54, 1.807) is 12.5 Å². The van der Waals surface area contributed by atoms with Crippen molar-refractivity contribution in [1.82, 2.24) is 0 Å². The maximum absolute atomic E-state index is 12.3. The number of aryl methyl sites for hydroxylation is 1. The van der Waals surface area contributed by atoms with Crippen LogP contribution in [0.15, 0.2) is 46.8 Å². The SMILES string of the molecule is C=C1CCCC(C)(C(=O)OC)C1CC/C(C)=C/CCc1ccoc1. The van der Waals surface area contributed by atoms with Crippen LogP contribution in [0.4, 0.5) is 0 Å². The van der Waals surface area contributed by atoms with Crippen molar-refractivity contribution in [2.75, 3.05) is 7.11 Å². The van der Waals surface area contributed by atoms with Gasteiger partial charge in [-0.15, -0.1) is 0 Å². The minimum atomic E-state index is -0.416. The Kier molecular flexibility index (Phi) is 6.47. The first kappa shape index (κ1) is 18.6. The molecule has 0 spiro atoms. The van der Waals surface area contributed by atoms with Crippen LogP contribution in [0.1, 0.15) is 57.9 Å². The van der Waals surface area contributed by atoms with Gasteiger partial charge in [0.15, 0.2) is 0 Å². The van der Waals surface area contributed by atoms with E-state index in [0.29, 0.717) is 0 Å². The first-order valence-electron chi connectivity index (χ1n) is 8.90. The molecule has 0 aliphatic heterocycles. The molecule has 0 bridgehead atoms. The molecule has 3 nitrogen and oxygen atoms in total. The van der Waals surface area contributed by atoms with Crippen LogP contribution in [0.2, 0.25) is 0 Å². The van der Waals surface area contributed by atoms with Crippen LogP contribution in [0.5, 0.6) is 0 Å². The fourth-order valence-corrected chi connectivity index (χ4v) is 3.88. The van der Waals surface area contributed by atoms with Crippen LogP contribution in [0.3, 0.4) is 0 Å². The van der Waals surface area contributed by atoms with Gasteiger partial charge in [0.1, 0.15) is 0 Å². The summed E-state index contributed by atoms with van der Waals surface area (Å²) in [6.45, 7) is 8.47. The molecule has 2 rings (SSSR count). The highest BCUT2D eigenvalue weighted by molar-refractivity contribution is 5.77. The van der Waals surface area contributed by atoms with Crippen molar-refractivity contribution in [2.45, 2.75) is 58.8 Å². The molecule has 1 fully saturated rings. The van der Waals surface area contributed by atoms with E-state index in [-0.39, 0.29) is 11.9 Å². The predicted molar refractivity (Wildman–Crippen MR) is 96.6 cm³/mol. The fourth-order valence-electron chi connectivity index (χ4n) is 3.88. The largest absolute Gasteiger partial charge is 0.472 e. The van der Waals surface area contributed by atoms with Crippen molar-refractivity contribution < 1.29 is 13.9 Å². The molecule has 1 aromatic rings. The number of hydrogen-bond acceptors (Lipinski definition) is 3. The number of methoxy groups -OCH3 is 1. The fraction of sp³-hybridized carbons (Fsp3) is 0.571. The Hall–Kier alpha value is -1.77. The normalized spacial score (nSPS) is 24.9. The summed E-state index contributed by atoms with van der Waals surface area (Å²) in [7, 11) is 1.49. The zero-order chi connectivity index (χ0) is 17.6. The average molecular weight is 330 g/mol. The van der Waals surface area contributed by atoms with Gasteiger partial charge in [0.2, 0.25) is 0 Å². The zero-order valence-electron chi connectivity index (χ0n) is 15.3. The number of carbonyl (C=O) groups excluding carboxylic acids is 1. The van der Waals surface area contributed by atoms with E-state index in [4.69, 9.17) is 9.15 Å². The lowest BCUT2D eigenvalue weighted by Gasteiger charge is -2.40. The molecule has 1 aliphatic rings. The Morgan fingerprint density at radius 1 is 1.54 bits per heavy atom. The van der Waals surface area contributed by atoms with Crippen LogP contribution in [-0.2, 0) is 16.0 Å². The molecule has 1 saturated carbocycles. The van der Waals surface area contributed by atoms with Crippen LogP contribution >= 0.6 is 0 Å². The van der Waals surface area contributed by atoms with E-state index in [1.165, 1.54) is 23.8 Å². The molecule has 3 heteroatoms. The number of ether oxygens (including phenoxy) is 1. The Morgan fingerprint density at radius 3 is 3.00 bits per heavy atom. The van der Waals surface area contributed by atoms with Crippen molar-refractivity contribution in [3.63, 3.8) is 0 Å². The maximum Gasteiger partial charge on any atom is 0.312 e. The van der Waals surface area contributed by atoms with Gasteiger partial charge in [-0.05, 0) is 76.3 Å². The van der Waals surface area contributed by atoms with Crippen molar-refractivity contribution >= 4 is 5.97 Å². The number of allylic oxidation sites excluding steroid dienone is 3. The molecule has 0 radical (unpaired) electrons. The molecule has 1 heterocycles. The molecule has 132 valence electrons. The summed E-state index contributed by atoms with van der Waals surface area (Å²) in [4.78, 5) is 12.3. The first-order chi connectivity index (χ1) is 11.5.